The van der Waals surface area contributed by atoms with Gasteiger partial charge < -0.3 is 14.9 Å². The third-order valence-corrected chi connectivity index (χ3v) is 3.45. The molecule has 1 aliphatic heterocycles. The molecule has 9 heteroatoms. The Labute approximate surface area is 119 Å². The average molecular weight is 304 g/mol. The lowest BCUT2D eigenvalue weighted by atomic mass is 10.1. The van der Waals surface area contributed by atoms with Crippen molar-refractivity contribution in [2.45, 2.75) is 32.1 Å². The molecule has 1 saturated heterocycles. The van der Waals surface area contributed by atoms with Crippen molar-refractivity contribution in [3.63, 3.8) is 0 Å². The number of alkyl halides is 3. The summed E-state index contributed by atoms with van der Waals surface area (Å²) in [5, 5.41) is 9.06. The number of hydrogen-bond acceptors (Lipinski definition) is 4. The molecular weight excluding hydrogens is 289 g/mol. The molecule has 2 heterocycles. The van der Waals surface area contributed by atoms with Crippen LogP contribution in [0.3, 0.4) is 0 Å². The van der Waals surface area contributed by atoms with Crippen molar-refractivity contribution in [2.24, 2.45) is 0 Å². The molecule has 2 rings (SSSR count). The third-order valence-electron chi connectivity index (χ3n) is 3.45. The normalized spacial score (nSPS) is 23.3. The van der Waals surface area contributed by atoms with Crippen LogP contribution in [0.1, 0.15) is 19.4 Å². The van der Waals surface area contributed by atoms with E-state index in [1.807, 2.05) is 0 Å². The highest BCUT2D eigenvalue weighted by Crippen LogP contribution is 2.29. The van der Waals surface area contributed by atoms with Crippen molar-refractivity contribution in [2.75, 3.05) is 18.0 Å². The molecule has 1 aliphatic rings. The van der Waals surface area contributed by atoms with Gasteiger partial charge in [-0.3, -0.25) is 0 Å². The number of hydrogen-bond donors (Lipinski definition) is 1. The molecule has 0 aromatic carbocycles. The zero-order chi connectivity index (χ0) is 15.8. The zero-order valence-corrected chi connectivity index (χ0v) is 11.5. The Hall–Kier alpha value is -2.06. The van der Waals surface area contributed by atoms with Gasteiger partial charge >= 0.3 is 12.3 Å². The van der Waals surface area contributed by atoms with E-state index >= 15 is 0 Å². The number of aromatic nitrogens is 2. The number of amides is 1. The van der Waals surface area contributed by atoms with E-state index in [0.29, 0.717) is 6.54 Å². The molecule has 21 heavy (non-hydrogen) atoms. The lowest BCUT2D eigenvalue weighted by molar-refractivity contribution is -0.138. The first-order valence-corrected chi connectivity index (χ1v) is 6.35. The van der Waals surface area contributed by atoms with Gasteiger partial charge in [0.25, 0.3) is 0 Å². The molecule has 1 fully saturated rings. The van der Waals surface area contributed by atoms with Crippen LogP contribution in [-0.2, 0) is 6.18 Å². The number of nitrogens with zero attached hydrogens (tertiary/aromatic N) is 4. The van der Waals surface area contributed by atoms with Gasteiger partial charge in [0.2, 0.25) is 5.95 Å². The Bertz CT molecular complexity index is 520. The summed E-state index contributed by atoms with van der Waals surface area (Å²) < 4.78 is 37.4. The second-order valence-corrected chi connectivity index (χ2v) is 5.05. The Morgan fingerprint density at radius 2 is 1.81 bits per heavy atom. The largest absolute Gasteiger partial charge is 0.465 e. The minimum Gasteiger partial charge on any atom is -0.465 e. The maximum atomic E-state index is 12.5. The van der Waals surface area contributed by atoms with Crippen LogP contribution in [0.25, 0.3) is 0 Å². The fraction of sp³-hybridized carbons (Fsp3) is 0.583. The monoisotopic (exact) mass is 304 g/mol. The number of anilines is 1. The fourth-order valence-corrected chi connectivity index (χ4v) is 2.29. The molecule has 116 valence electrons. The topological polar surface area (TPSA) is 69.6 Å². The van der Waals surface area contributed by atoms with Crippen LogP contribution in [0.2, 0.25) is 0 Å². The summed E-state index contributed by atoms with van der Waals surface area (Å²) in [5.74, 6) is 0.174. The number of piperazine rings is 1. The predicted molar refractivity (Wildman–Crippen MR) is 68.0 cm³/mol. The second-order valence-electron chi connectivity index (χ2n) is 5.05. The second kappa shape index (κ2) is 5.38. The molecular formula is C12H15F3N4O2. The minimum absolute atomic E-state index is 0.174. The Morgan fingerprint density at radius 3 is 2.29 bits per heavy atom. The molecule has 0 spiro atoms. The highest BCUT2D eigenvalue weighted by molar-refractivity contribution is 5.66. The Kier molecular flexibility index (Phi) is 3.93. The van der Waals surface area contributed by atoms with Crippen molar-refractivity contribution < 1.29 is 23.1 Å². The van der Waals surface area contributed by atoms with E-state index < -0.39 is 17.8 Å². The van der Waals surface area contributed by atoms with Crippen LogP contribution in [0.4, 0.5) is 23.9 Å². The van der Waals surface area contributed by atoms with Crippen LogP contribution in [-0.4, -0.2) is 51.2 Å². The van der Waals surface area contributed by atoms with E-state index in [9.17, 15) is 18.0 Å². The quantitative estimate of drug-likeness (QED) is 0.860. The van der Waals surface area contributed by atoms with Crippen molar-refractivity contribution in [1.82, 2.24) is 14.9 Å². The molecule has 0 bridgehead atoms. The highest BCUT2D eigenvalue weighted by atomic mass is 19.4. The summed E-state index contributed by atoms with van der Waals surface area (Å²) in [7, 11) is 0. The number of carboxylic acid groups (broad SMARTS) is 1. The van der Waals surface area contributed by atoms with Gasteiger partial charge in [-0.25, -0.2) is 14.8 Å². The number of carbonyl (C=O) groups is 1. The van der Waals surface area contributed by atoms with E-state index in [1.165, 1.54) is 4.90 Å². The smallest absolute Gasteiger partial charge is 0.419 e. The van der Waals surface area contributed by atoms with Crippen LogP contribution < -0.4 is 4.90 Å². The van der Waals surface area contributed by atoms with Gasteiger partial charge in [0.15, 0.2) is 0 Å². The van der Waals surface area contributed by atoms with E-state index in [0.717, 1.165) is 12.4 Å². The highest BCUT2D eigenvalue weighted by Gasteiger charge is 2.35. The van der Waals surface area contributed by atoms with Gasteiger partial charge in [0, 0.05) is 37.6 Å². The van der Waals surface area contributed by atoms with E-state index in [2.05, 4.69) is 9.97 Å². The summed E-state index contributed by atoms with van der Waals surface area (Å²) >= 11 is 0. The summed E-state index contributed by atoms with van der Waals surface area (Å²) in [5.41, 5.74) is -0.906. The molecule has 1 aromatic heterocycles. The SMILES string of the molecule is CC1CN(c2ncc(C(F)(F)F)cn2)C(C)CN1C(=O)O. The summed E-state index contributed by atoms with van der Waals surface area (Å²) in [6.45, 7) is 4.10. The zero-order valence-electron chi connectivity index (χ0n) is 11.5. The van der Waals surface area contributed by atoms with Gasteiger partial charge in [-0.2, -0.15) is 13.2 Å². The first kappa shape index (κ1) is 15.3. The van der Waals surface area contributed by atoms with Gasteiger partial charge in [-0.15, -0.1) is 0 Å². The van der Waals surface area contributed by atoms with Crippen LogP contribution in [0, 0.1) is 0 Å². The van der Waals surface area contributed by atoms with E-state index in [1.54, 1.807) is 18.7 Å². The molecule has 0 aliphatic carbocycles. The molecule has 1 amide bonds. The Morgan fingerprint density at radius 1 is 1.24 bits per heavy atom. The maximum Gasteiger partial charge on any atom is 0.419 e. The summed E-state index contributed by atoms with van der Waals surface area (Å²) in [6, 6.07) is -0.501. The fourth-order valence-electron chi connectivity index (χ4n) is 2.29. The van der Waals surface area contributed by atoms with Crippen LogP contribution in [0.15, 0.2) is 12.4 Å². The van der Waals surface area contributed by atoms with Crippen LogP contribution in [0.5, 0.6) is 0 Å². The standard InChI is InChI=1S/C12H15F3N4O2/c1-7-6-19(11(20)21)8(2)5-18(7)10-16-3-9(4-17-10)12(13,14)15/h3-4,7-8H,5-6H2,1-2H3,(H,20,21). The van der Waals surface area contributed by atoms with E-state index in [-0.39, 0.29) is 24.6 Å². The lowest BCUT2D eigenvalue weighted by Gasteiger charge is -2.42. The van der Waals surface area contributed by atoms with Crippen molar-refractivity contribution >= 4 is 12.0 Å². The number of halogens is 3. The van der Waals surface area contributed by atoms with Gasteiger partial charge in [-0.1, -0.05) is 0 Å². The van der Waals surface area contributed by atoms with Crippen molar-refractivity contribution in [3.05, 3.63) is 18.0 Å². The van der Waals surface area contributed by atoms with E-state index in [4.69, 9.17) is 5.11 Å². The molecule has 0 radical (unpaired) electrons. The molecule has 2 atom stereocenters. The van der Waals surface area contributed by atoms with Gasteiger partial charge in [0.05, 0.1) is 5.56 Å². The molecule has 6 nitrogen and oxygen atoms in total. The summed E-state index contributed by atoms with van der Waals surface area (Å²) in [6.07, 6.45) is -4.01. The molecule has 1 N–H and O–H groups in total. The average Bonchev–Trinajstić information content (AvgIpc) is 2.40. The molecule has 0 saturated carbocycles. The van der Waals surface area contributed by atoms with Crippen LogP contribution >= 0.6 is 0 Å². The first-order valence-electron chi connectivity index (χ1n) is 6.35. The lowest BCUT2D eigenvalue weighted by Crippen LogP contribution is -2.58. The predicted octanol–water partition coefficient (Wildman–Crippen LogP) is 2.07. The van der Waals surface area contributed by atoms with Gasteiger partial charge in [-0.05, 0) is 13.8 Å². The first-order chi connectivity index (χ1) is 9.70. The Balaban J connectivity index is 2.17. The number of rotatable bonds is 1. The van der Waals surface area contributed by atoms with Gasteiger partial charge in [0.1, 0.15) is 0 Å². The van der Waals surface area contributed by atoms with Crippen molar-refractivity contribution in [1.29, 1.82) is 0 Å². The molecule has 1 aromatic rings. The van der Waals surface area contributed by atoms with Crippen molar-refractivity contribution in [3.8, 4) is 0 Å². The molecule has 2 unspecified atom stereocenters. The maximum absolute atomic E-state index is 12.5. The summed E-state index contributed by atoms with van der Waals surface area (Å²) in [4.78, 5) is 21.6. The third kappa shape index (κ3) is 3.17. The minimum atomic E-state index is -4.47.